The molecule has 1 aliphatic rings. The lowest BCUT2D eigenvalue weighted by Crippen LogP contribution is -2.38. The van der Waals surface area contributed by atoms with Crippen LogP contribution < -0.4 is 0 Å². The predicted octanol–water partition coefficient (Wildman–Crippen LogP) is 3.40. The van der Waals surface area contributed by atoms with Crippen molar-refractivity contribution in [2.75, 3.05) is 0 Å². The molecule has 2 atom stereocenters. The molecular weight excluding hydrogens is 200 g/mol. The van der Waals surface area contributed by atoms with Crippen molar-refractivity contribution in [3.05, 3.63) is 24.2 Å². The summed E-state index contributed by atoms with van der Waals surface area (Å²) in [5, 5.41) is 10.6. The summed E-state index contributed by atoms with van der Waals surface area (Å²) >= 11 is 0. The van der Waals surface area contributed by atoms with E-state index in [4.69, 9.17) is 4.42 Å². The Bertz CT molecular complexity index is 315. The normalized spacial score (nSPS) is 30.9. The average molecular weight is 222 g/mol. The summed E-state index contributed by atoms with van der Waals surface area (Å²) in [5.74, 6) is 1.35. The van der Waals surface area contributed by atoms with E-state index in [2.05, 4.69) is 13.8 Å². The molecule has 2 rings (SSSR count). The van der Waals surface area contributed by atoms with Crippen LogP contribution in [0, 0.1) is 11.8 Å². The summed E-state index contributed by atoms with van der Waals surface area (Å²) in [5.41, 5.74) is 0.615. The highest BCUT2D eigenvalue weighted by Crippen LogP contribution is 2.38. The molecule has 1 saturated carbocycles. The van der Waals surface area contributed by atoms with E-state index in [1.165, 1.54) is 6.42 Å². The van der Waals surface area contributed by atoms with Gasteiger partial charge in [0.15, 0.2) is 0 Å². The molecule has 2 heteroatoms. The summed E-state index contributed by atoms with van der Waals surface area (Å²) in [7, 11) is 0. The van der Waals surface area contributed by atoms with E-state index in [0.29, 0.717) is 11.8 Å². The van der Waals surface area contributed by atoms with Crippen molar-refractivity contribution in [3.63, 3.8) is 0 Å². The maximum atomic E-state index is 10.6. The van der Waals surface area contributed by atoms with Gasteiger partial charge in [0, 0.05) is 6.42 Å². The summed E-state index contributed by atoms with van der Waals surface area (Å²) in [4.78, 5) is 0. The van der Waals surface area contributed by atoms with Crippen LogP contribution >= 0.6 is 0 Å². The smallest absolute Gasteiger partial charge is 0.0935 e. The van der Waals surface area contributed by atoms with Crippen LogP contribution in [0.4, 0.5) is 0 Å². The van der Waals surface area contributed by atoms with Gasteiger partial charge in [-0.15, -0.1) is 0 Å². The molecule has 0 spiro atoms. The van der Waals surface area contributed by atoms with Crippen molar-refractivity contribution < 1.29 is 9.52 Å². The third-order valence-electron chi connectivity index (χ3n) is 3.92. The Hall–Kier alpha value is -0.760. The molecule has 1 aromatic rings. The Morgan fingerprint density at radius 3 is 3.00 bits per heavy atom. The third kappa shape index (κ3) is 2.67. The highest BCUT2D eigenvalue weighted by atomic mass is 16.3. The second-order valence-corrected chi connectivity index (χ2v) is 5.63. The van der Waals surface area contributed by atoms with E-state index in [1.807, 2.05) is 6.07 Å². The van der Waals surface area contributed by atoms with E-state index in [0.717, 1.165) is 31.2 Å². The average Bonchev–Trinajstić information content (AvgIpc) is 2.69. The lowest BCUT2D eigenvalue weighted by Gasteiger charge is -2.38. The summed E-state index contributed by atoms with van der Waals surface area (Å²) < 4.78 is 5.06. The topological polar surface area (TPSA) is 33.4 Å². The molecule has 16 heavy (non-hydrogen) atoms. The minimum Gasteiger partial charge on any atom is -0.472 e. The number of rotatable bonds is 3. The summed E-state index contributed by atoms with van der Waals surface area (Å²) in [6, 6.07) is 1.96. The molecule has 0 aliphatic heterocycles. The highest BCUT2D eigenvalue weighted by Gasteiger charge is 2.35. The highest BCUT2D eigenvalue weighted by molar-refractivity contribution is 5.10. The second kappa shape index (κ2) is 4.62. The zero-order chi connectivity index (χ0) is 11.6. The first-order valence-electron chi connectivity index (χ1n) is 6.32. The number of furan rings is 1. The molecule has 1 N–H and O–H groups in total. The molecule has 1 aliphatic carbocycles. The minimum absolute atomic E-state index is 0.503. The predicted molar refractivity (Wildman–Crippen MR) is 64.2 cm³/mol. The largest absolute Gasteiger partial charge is 0.472 e. The molecule has 0 saturated heterocycles. The summed E-state index contributed by atoms with van der Waals surface area (Å²) in [6.07, 6.45) is 8.46. The van der Waals surface area contributed by atoms with E-state index < -0.39 is 5.60 Å². The van der Waals surface area contributed by atoms with Crippen LogP contribution in [0.25, 0.3) is 0 Å². The van der Waals surface area contributed by atoms with E-state index in [1.54, 1.807) is 12.5 Å². The van der Waals surface area contributed by atoms with Crippen LogP contribution in [0.15, 0.2) is 23.0 Å². The van der Waals surface area contributed by atoms with Crippen molar-refractivity contribution in [1.82, 2.24) is 0 Å². The second-order valence-electron chi connectivity index (χ2n) is 5.63. The van der Waals surface area contributed by atoms with Gasteiger partial charge in [0.25, 0.3) is 0 Å². The van der Waals surface area contributed by atoms with Crippen molar-refractivity contribution in [2.24, 2.45) is 11.8 Å². The third-order valence-corrected chi connectivity index (χ3v) is 3.92. The molecule has 1 aromatic heterocycles. The SMILES string of the molecule is CC(C)C1CCCC(O)(Cc2ccoc2)C1. The van der Waals surface area contributed by atoms with Crippen LogP contribution in [0.5, 0.6) is 0 Å². The fourth-order valence-corrected chi connectivity index (χ4v) is 2.89. The standard InChI is InChI=1S/C14H22O2/c1-11(2)13-4-3-6-14(15,9-13)8-12-5-7-16-10-12/h5,7,10-11,13,15H,3-4,6,8-9H2,1-2H3. The molecule has 1 fully saturated rings. The van der Waals surface area contributed by atoms with Gasteiger partial charge in [-0.05, 0) is 42.7 Å². The van der Waals surface area contributed by atoms with Crippen molar-refractivity contribution >= 4 is 0 Å². The molecule has 2 unspecified atom stereocenters. The van der Waals surface area contributed by atoms with Gasteiger partial charge in [0.1, 0.15) is 0 Å². The maximum Gasteiger partial charge on any atom is 0.0935 e. The van der Waals surface area contributed by atoms with Crippen LogP contribution in [-0.4, -0.2) is 10.7 Å². The number of hydrogen-bond acceptors (Lipinski definition) is 2. The summed E-state index contributed by atoms with van der Waals surface area (Å²) in [6.45, 7) is 4.52. The minimum atomic E-state index is -0.503. The van der Waals surface area contributed by atoms with Crippen LogP contribution in [0.1, 0.15) is 45.1 Å². The van der Waals surface area contributed by atoms with Crippen molar-refractivity contribution in [1.29, 1.82) is 0 Å². The van der Waals surface area contributed by atoms with E-state index in [-0.39, 0.29) is 0 Å². The van der Waals surface area contributed by atoms with Gasteiger partial charge < -0.3 is 9.52 Å². The molecule has 0 aromatic carbocycles. The van der Waals surface area contributed by atoms with E-state index >= 15 is 0 Å². The Labute approximate surface area is 97.7 Å². The molecule has 0 bridgehead atoms. The molecule has 2 nitrogen and oxygen atoms in total. The fraction of sp³-hybridized carbons (Fsp3) is 0.714. The zero-order valence-electron chi connectivity index (χ0n) is 10.3. The first kappa shape index (κ1) is 11.7. The monoisotopic (exact) mass is 222 g/mol. The van der Waals surface area contributed by atoms with Gasteiger partial charge in [-0.1, -0.05) is 20.3 Å². The molecule has 90 valence electrons. The van der Waals surface area contributed by atoms with Gasteiger partial charge in [-0.2, -0.15) is 0 Å². The van der Waals surface area contributed by atoms with Gasteiger partial charge in [-0.25, -0.2) is 0 Å². The quantitative estimate of drug-likeness (QED) is 0.850. The maximum absolute atomic E-state index is 10.6. The molecule has 1 heterocycles. The van der Waals surface area contributed by atoms with Crippen molar-refractivity contribution in [2.45, 2.75) is 51.6 Å². The van der Waals surface area contributed by atoms with Gasteiger partial charge >= 0.3 is 0 Å². The van der Waals surface area contributed by atoms with Crippen LogP contribution in [0.3, 0.4) is 0 Å². The zero-order valence-corrected chi connectivity index (χ0v) is 10.3. The molecular formula is C14H22O2. The Morgan fingerprint density at radius 2 is 2.38 bits per heavy atom. The molecule has 0 amide bonds. The van der Waals surface area contributed by atoms with Crippen LogP contribution in [-0.2, 0) is 6.42 Å². The Morgan fingerprint density at radius 1 is 1.56 bits per heavy atom. The van der Waals surface area contributed by atoms with E-state index in [9.17, 15) is 5.11 Å². The fourth-order valence-electron chi connectivity index (χ4n) is 2.89. The molecule has 0 radical (unpaired) electrons. The van der Waals surface area contributed by atoms with Gasteiger partial charge in [0.2, 0.25) is 0 Å². The van der Waals surface area contributed by atoms with Crippen molar-refractivity contribution in [3.8, 4) is 0 Å². The lowest BCUT2D eigenvalue weighted by molar-refractivity contribution is -0.0240. The number of aliphatic hydroxyl groups is 1. The Kier molecular flexibility index (Phi) is 3.38. The number of hydrogen-bond donors (Lipinski definition) is 1. The lowest BCUT2D eigenvalue weighted by atomic mass is 9.72. The van der Waals surface area contributed by atoms with Crippen LogP contribution in [0.2, 0.25) is 0 Å². The first-order chi connectivity index (χ1) is 7.59. The van der Waals surface area contributed by atoms with Gasteiger partial charge in [-0.3, -0.25) is 0 Å². The Balaban J connectivity index is 2.01. The van der Waals surface area contributed by atoms with Gasteiger partial charge in [0.05, 0.1) is 18.1 Å². The first-order valence-corrected chi connectivity index (χ1v) is 6.32.